The fourth-order valence-corrected chi connectivity index (χ4v) is 4.39. The molecule has 1 amide bonds. The lowest BCUT2D eigenvalue weighted by Gasteiger charge is -2.18. The van der Waals surface area contributed by atoms with Crippen LogP contribution < -0.4 is 10.9 Å². The summed E-state index contributed by atoms with van der Waals surface area (Å²) in [7, 11) is -3.42. The average Bonchev–Trinajstić information content (AvgIpc) is 3.62. The largest absolute Gasteiger partial charge is 0.416 e. The van der Waals surface area contributed by atoms with Gasteiger partial charge in [-0.05, 0) is 67.6 Å². The summed E-state index contributed by atoms with van der Waals surface area (Å²) in [5.74, 6) is -0.573. The normalized spacial score (nSPS) is 14.1. The lowest BCUT2D eigenvalue weighted by molar-refractivity contribution is -0.137. The minimum atomic E-state index is -4.58. The van der Waals surface area contributed by atoms with Gasteiger partial charge in [0.2, 0.25) is 0 Å². The first-order valence-corrected chi connectivity index (χ1v) is 12.6. The number of rotatable bonds is 6. The Kier molecular flexibility index (Phi) is 6.31. The predicted octanol–water partition coefficient (Wildman–Crippen LogP) is 3.77. The summed E-state index contributed by atoms with van der Waals surface area (Å²) in [5.41, 5.74) is -0.191. The molecule has 0 aliphatic heterocycles. The van der Waals surface area contributed by atoms with Crippen LogP contribution in [0.4, 0.5) is 13.2 Å². The summed E-state index contributed by atoms with van der Waals surface area (Å²) >= 11 is 0. The van der Waals surface area contributed by atoms with Gasteiger partial charge in [0.25, 0.3) is 11.5 Å². The SMILES string of the molecule is Cc1c(C2CC2)cc(C(=O)NCc2ccc(S(C)(=O)=O)cn2)c(=O)n1-c1cccc(C(F)(F)F)c1. The third-order valence-electron chi connectivity index (χ3n) is 5.84. The quantitative estimate of drug-likeness (QED) is 0.550. The van der Waals surface area contributed by atoms with Crippen molar-refractivity contribution in [2.75, 3.05) is 6.26 Å². The summed E-state index contributed by atoms with van der Waals surface area (Å²) in [5, 5.41) is 2.59. The maximum Gasteiger partial charge on any atom is 0.416 e. The average molecular weight is 506 g/mol. The van der Waals surface area contributed by atoms with Crippen LogP contribution in [0.1, 0.15) is 51.6 Å². The van der Waals surface area contributed by atoms with Crippen molar-refractivity contribution >= 4 is 15.7 Å². The Hall–Kier alpha value is -3.47. The molecule has 1 fully saturated rings. The molecule has 11 heteroatoms. The first kappa shape index (κ1) is 24.6. The van der Waals surface area contributed by atoms with Crippen molar-refractivity contribution in [1.82, 2.24) is 14.9 Å². The van der Waals surface area contributed by atoms with Crippen molar-refractivity contribution < 1.29 is 26.4 Å². The second kappa shape index (κ2) is 8.95. The zero-order chi connectivity index (χ0) is 25.5. The molecule has 3 aromatic rings. The highest BCUT2D eigenvalue weighted by molar-refractivity contribution is 7.90. The Morgan fingerprint density at radius 3 is 2.46 bits per heavy atom. The van der Waals surface area contributed by atoms with E-state index in [1.807, 2.05) is 0 Å². The van der Waals surface area contributed by atoms with Crippen LogP contribution in [0.3, 0.4) is 0 Å². The molecule has 1 saturated carbocycles. The van der Waals surface area contributed by atoms with E-state index in [-0.39, 0.29) is 28.6 Å². The van der Waals surface area contributed by atoms with Gasteiger partial charge in [0.1, 0.15) is 5.56 Å². The van der Waals surface area contributed by atoms with Crippen LogP contribution in [0, 0.1) is 6.92 Å². The highest BCUT2D eigenvalue weighted by Crippen LogP contribution is 2.42. The third kappa shape index (κ3) is 5.29. The maximum atomic E-state index is 13.3. The lowest BCUT2D eigenvalue weighted by atomic mass is 10.0. The number of aromatic nitrogens is 2. The number of halogens is 3. The summed E-state index contributed by atoms with van der Waals surface area (Å²) in [4.78, 5) is 30.3. The van der Waals surface area contributed by atoms with E-state index in [1.165, 1.54) is 36.5 Å². The Bertz CT molecular complexity index is 1460. The van der Waals surface area contributed by atoms with E-state index in [9.17, 15) is 31.2 Å². The number of hydrogen-bond acceptors (Lipinski definition) is 5. The number of hydrogen-bond donors (Lipinski definition) is 1. The third-order valence-corrected chi connectivity index (χ3v) is 6.93. The van der Waals surface area contributed by atoms with E-state index in [4.69, 9.17) is 0 Å². The summed E-state index contributed by atoms with van der Waals surface area (Å²) in [6, 6.07) is 8.75. The van der Waals surface area contributed by atoms with E-state index < -0.39 is 33.0 Å². The number of alkyl halides is 3. The number of nitrogens with zero attached hydrogens (tertiary/aromatic N) is 2. The molecule has 0 radical (unpaired) electrons. The van der Waals surface area contributed by atoms with Crippen LogP contribution in [-0.2, 0) is 22.6 Å². The summed E-state index contributed by atoms with van der Waals surface area (Å²) < 4.78 is 64.1. The van der Waals surface area contributed by atoms with Gasteiger partial charge in [0.15, 0.2) is 9.84 Å². The minimum absolute atomic E-state index is 0.0249. The molecule has 2 heterocycles. The van der Waals surface area contributed by atoms with Crippen LogP contribution in [0.15, 0.2) is 58.4 Å². The molecule has 0 spiro atoms. The topological polar surface area (TPSA) is 98.1 Å². The van der Waals surface area contributed by atoms with Gasteiger partial charge in [0.05, 0.1) is 22.7 Å². The number of carbonyl (C=O) groups is 1. The number of carbonyl (C=O) groups excluding carboxylic acids is 1. The summed E-state index contributed by atoms with van der Waals surface area (Å²) in [6.45, 7) is 1.59. The molecule has 0 saturated heterocycles. The minimum Gasteiger partial charge on any atom is -0.346 e. The van der Waals surface area contributed by atoms with Gasteiger partial charge in [0, 0.05) is 23.8 Å². The fraction of sp³-hybridized carbons (Fsp3) is 0.292. The van der Waals surface area contributed by atoms with E-state index in [1.54, 1.807) is 6.92 Å². The lowest BCUT2D eigenvalue weighted by Crippen LogP contribution is -2.34. The van der Waals surface area contributed by atoms with Gasteiger partial charge in [-0.3, -0.25) is 19.1 Å². The van der Waals surface area contributed by atoms with Crippen molar-refractivity contribution in [2.45, 2.75) is 43.3 Å². The van der Waals surface area contributed by atoms with Crippen molar-refractivity contribution in [3.05, 3.63) is 87.1 Å². The highest BCUT2D eigenvalue weighted by atomic mass is 32.2. The van der Waals surface area contributed by atoms with Crippen molar-refractivity contribution in [2.24, 2.45) is 0 Å². The van der Waals surface area contributed by atoms with Gasteiger partial charge < -0.3 is 5.32 Å². The number of pyridine rings is 2. The second-order valence-electron chi connectivity index (χ2n) is 8.50. The number of amides is 1. The van der Waals surface area contributed by atoms with Crippen LogP contribution in [0.2, 0.25) is 0 Å². The first-order valence-electron chi connectivity index (χ1n) is 10.7. The Morgan fingerprint density at radius 1 is 1.17 bits per heavy atom. The molecular formula is C24H22F3N3O4S. The molecule has 2 aromatic heterocycles. The molecule has 7 nitrogen and oxygen atoms in total. The van der Waals surface area contributed by atoms with Gasteiger partial charge >= 0.3 is 6.18 Å². The fourth-order valence-electron chi connectivity index (χ4n) is 3.83. The molecule has 1 aliphatic rings. The molecule has 4 rings (SSSR count). The van der Waals surface area contributed by atoms with E-state index in [0.29, 0.717) is 11.4 Å². The molecular weight excluding hydrogens is 483 g/mol. The van der Waals surface area contributed by atoms with Crippen molar-refractivity contribution in [1.29, 1.82) is 0 Å². The van der Waals surface area contributed by atoms with Crippen LogP contribution >= 0.6 is 0 Å². The first-order chi connectivity index (χ1) is 16.4. The second-order valence-corrected chi connectivity index (χ2v) is 10.5. The van der Waals surface area contributed by atoms with Gasteiger partial charge in [-0.1, -0.05) is 6.07 Å². The van der Waals surface area contributed by atoms with Gasteiger partial charge in [-0.25, -0.2) is 8.42 Å². The molecule has 1 aromatic carbocycles. The van der Waals surface area contributed by atoms with Gasteiger partial charge in [-0.15, -0.1) is 0 Å². The van der Waals surface area contributed by atoms with Crippen LogP contribution in [-0.4, -0.2) is 30.1 Å². The zero-order valence-corrected chi connectivity index (χ0v) is 19.7. The molecule has 1 aliphatic carbocycles. The van der Waals surface area contributed by atoms with E-state index in [2.05, 4.69) is 10.3 Å². The Labute approximate surface area is 199 Å². The predicted molar refractivity (Wildman–Crippen MR) is 122 cm³/mol. The van der Waals surface area contributed by atoms with Crippen LogP contribution in [0.25, 0.3) is 5.69 Å². The molecule has 0 unspecified atom stereocenters. The number of sulfone groups is 1. The molecule has 0 bridgehead atoms. The Balaban J connectivity index is 1.69. The Morgan fingerprint density at radius 2 is 1.89 bits per heavy atom. The van der Waals surface area contributed by atoms with E-state index >= 15 is 0 Å². The summed E-state index contributed by atoms with van der Waals surface area (Å²) in [6.07, 6.45) is -0.635. The molecule has 184 valence electrons. The molecule has 0 atom stereocenters. The maximum absolute atomic E-state index is 13.3. The highest BCUT2D eigenvalue weighted by Gasteiger charge is 2.32. The number of benzene rings is 1. The number of nitrogens with one attached hydrogen (secondary N) is 1. The van der Waals surface area contributed by atoms with Crippen molar-refractivity contribution in [3.8, 4) is 5.69 Å². The standard InChI is InChI=1S/C24H22F3N3O4S/c1-14-20(15-6-7-15)11-21(22(31)29-12-17-8-9-19(13-28-17)35(2,33)34)23(32)30(14)18-5-3-4-16(10-18)24(25,26)27/h3-5,8-11,13,15H,6-7,12H2,1-2H3,(H,29,31). The van der Waals surface area contributed by atoms with Crippen LogP contribution in [0.5, 0.6) is 0 Å². The molecule has 1 N–H and O–H groups in total. The van der Waals surface area contributed by atoms with Gasteiger partial charge in [-0.2, -0.15) is 13.2 Å². The zero-order valence-electron chi connectivity index (χ0n) is 18.9. The monoisotopic (exact) mass is 505 g/mol. The molecule has 35 heavy (non-hydrogen) atoms. The smallest absolute Gasteiger partial charge is 0.346 e. The van der Waals surface area contributed by atoms with E-state index in [0.717, 1.165) is 41.4 Å². The van der Waals surface area contributed by atoms with Crippen molar-refractivity contribution in [3.63, 3.8) is 0 Å².